The molecule has 0 amide bonds. The minimum Gasteiger partial charge on any atom is -0.499 e. The molecular formula is C7H14O3. The van der Waals surface area contributed by atoms with Gasteiger partial charge >= 0.3 is 0 Å². The average Bonchev–Trinajstić information content (AvgIpc) is 1.98. The molecule has 0 radical (unpaired) electrons. The summed E-state index contributed by atoms with van der Waals surface area (Å²) in [5.41, 5.74) is 0. The van der Waals surface area contributed by atoms with Gasteiger partial charge in [0.15, 0.2) is 6.29 Å². The van der Waals surface area contributed by atoms with Crippen LogP contribution in [-0.4, -0.2) is 26.6 Å². The summed E-state index contributed by atoms with van der Waals surface area (Å²) in [6.07, 6.45) is 1.23. The maximum Gasteiger partial charge on any atom is 0.154 e. The van der Waals surface area contributed by atoms with Crippen LogP contribution >= 0.6 is 0 Å². The smallest absolute Gasteiger partial charge is 0.154 e. The Labute approximate surface area is 61.6 Å². The van der Waals surface area contributed by atoms with E-state index in [9.17, 15) is 0 Å². The van der Waals surface area contributed by atoms with Gasteiger partial charge < -0.3 is 14.2 Å². The summed E-state index contributed by atoms with van der Waals surface area (Å²) >= 11 is 0. The number of ether oxygens (including phenoxy) is 3. The molecule has 0 aliphatic rings. The lowest BCUT2D eigenvalue weighted by Gasteiger charge is -2.09. The van der Waals surface area contributed by atoms with E-state index in [0.717, 1.165) is 0 Å². The first-order chi connectivity index (χ1) is 4.81. The van der Waals surface area contributed by atoms with Gasteiger partial charge in [-0.25, -0.2) is 0 Å². The normalized spacial score (nSPS) is 12.6. The topological polar surface area (TPSA) is 27.7 Å². The van der Waals surface area contributed by atoms with Crippen molar-refractivity contribution in [1.29, 1.82) is 0 Å². The lowest BCUT2D eigenvalue weighted by molar-refractivity contribution is -0.117. The largest absolute Gasteiger partial charge is 0.499 e. The van der Waals surface area contributed by atoms with E-state index in [1.807, 2.05) is 6.92 Å². The Morgan fingerprint density at radius 2 is 2.20 bits per heavy atom. The summed E-state index contributed by atoms with van der Waals surface area (Å²) in [6.45, 7) is 6.27. The zero-order valence-corrected chi connectivity index (χ0v) is 6.50. The van der Waals surface area contributed by atoms with E-state index in [-0.39, 0.29) is 6.29 Å². The molecule has 3 nitrogen and oxygen atoms in total. The van der Waals surface area contributed by atoms with Crippen molar-refractivity contribution in [2.24, 2.45) is 0 Å². The first kappa shape index (κ1) is 9.46. The second-order valence-electron chi connectivity index (χ2n) is 1.71. The van der Waals surface area contributed by atoms with Crippen LogP contribution in [0.5, 0.6) is 0 Å². The Morgan fingerprint density at radius 1 is 1.50 bits per heavy atom. The van der Waals surface area contributed by atoms with E-state index in [1.165, 1.54) is 6.26 Å². The van der Waals surface area contributed by atoms with Crippen molar-refractivity contribution in [3.63, 3.8) is 0 Å². The zero-order valence-electron chi connectivity index (χ0n) is 6.50. The molecule has 1 atom stereocenters. The predicted octanol–water partition coefficient (Wildman–Crippen LogP) is 1.16. The molecule has 0 aromatic heterocycles. The van der Waals surface area contributed by atoms with Crippen molar-refractivity contribution in [1.82, 2.24) is 0 Å². The van der Waals surface area contributed by atoms with Gasteiger partial charge in [0.1, 0.15) is 6.61 Å². The number of hydrogen-bond donors (Lipinski definition) is 0. The highest BCUT2D eigenvalue weighted by Crippen LogP contribution is 1.89. The molecule has 0 saturated carbocycles. The van der Waals surface area contributed by atoms with E-state index in [0.29, 0.717) is 13.2 Å². The number of methoxy groups -OCH3 is 1. The predicted molar refractivity (Wildman–Crippen MR) is 38.6 cm³/mol. The van der Waals surface area contributed by atoms with Crippen LogP contribution in [-0.2, 0) is 14.2 Å². The Morgan fingerprint density at radius 3 is 2.70 bits per heavy atom. The quantitative estimate of drug-likeness (QED) is 0.319. The molecule has 0 N–H and O–H groups in total. The molecule has 0 aliphatic heterocycles. The van der Waals surface area contributed by atoms with Crippen LogP contribution in [0, 0.1) is 0 Å². The fourth-order valence-corrected chi connectivity index (χ4v) is 0.414. The minimum atomic E-state index is -0.159. The monoisotopic (exact) mass is 146 g/mol. The Balaban J connectivity index is 2.95. The molecule has 0 aromatic rings. The van der Waals surface area contributed by atoms with Crippen molar-refractivity contribution >= 4 is 0 Å². The van der Waals surface area contributed by atoms with Gasteiger partial charge in [0.25, 0.3) is 0 Å². The summed E-state index contributed by atoms with van der Waals surface area (Å²) in [5, 5.41) is 0. The van der Waals surface area contributed by atoms with Crippen LogP contribution in [0.4, 0.5) is 0 Å². The molecule has 60 valence electrons. The van der Waals surface area contributed by atoms with Crippen LogP contribution in [0.15, 0.2) is 12.8 Å². The van der Waals surface area contributed by atoms with Gasteiger partial charge in [0.2, 0.25) is 0 Å². The van der Waals surface area contributed by atoms with Gasteiger partial charge in [-0.2, -0.15) is 0 Å². The van der Waals surface area contributed by atoms with Crippen LogP contribution in [0.2, 0.25) is 0 Å². The summed E-state index contributed by atoms with van der Waals surface area (Å²) in [7, 11) is 1.60. The standard InChI is InChI=1S/C7H14O3/c1-4-9-5-6-10-7(2)8-3/h4,7H,1,5-6H2,2-3H3. The molecule has 0 saturated heterocycles. The van der Waals surface area contributed by atoms with Gasteiger partial charge in [-0.05, 0) is 6.92 Å². The van der Waals surface area contributed by atoms with E-state index in [4.69, 9.17) is 14.2 Å². The maximum absolute atomic E-state index is 5.10. The third kappa shape index (κ3) is 5.59. The van der Waals surface area contributed by atoms with Crippen molar-refractivity contribution < 1.29 is 14.2 Å². The Bertz CT molecular complexity index is 82.9. The van der Waals surface area contributed by atoms with Gasteiger partial charge in [-0.15, -0.1) is 0 Å². The van der Waals surface area contributed by atoms with Crippen LogP contribution in [0.3, 0.4) is 0 Å². The molecule has 0 aromatic carbocycles. The molecule has 0 heterocycles. The molecular weight excluding hydrogens is 132 g/mol. The molecule has 0 aliphatic carbocycles. The van der Waals surface area contributed by atoms with E-state index >= 15 is 0 Å². The Hall–Kier alpha value is -0.540. The number of rotatable bonds is 6. The van der Waals surface area contributed by atoms with E-state index in [1.54, 1.807) is 7.11 Å². The van der Waals surface area contributed by atoms with Crippen molar-refractivity contribution in [2.75, 3.05) is 20.3 Å². The molecule has 0 bridgehead atoms. The first-order valence-corrected chi connectivity index (χ1v) is 3.18. The van der Waals surface area contributed by atoms with Gasteiger partial charge in [0, 0.05) is 7.11 Å². The Kier molecular flexibility index (Phi) is 6.22. The van der Waals surface area contributed by atoms with Crippen LogP contribution < -0.4 is 0 Å². The molecule has 0 fully saturated rings. The van der Waals surface area contributed by atoms with Crippen molar-refractivity contribution in [3.8, 4) is 0 Å². The lowest BCUT2D eigenvalue weighted by Crippen LogP contribution is -2.13. The molecule has 1 unspecified atom stereocenters. The van der Waals surface area contributed by atoms with Gasteiger partial charge in [0.05, 0.1) is 12.9 Å². The second-order valence-corrected chi connectivity index (χ2v) is 1.71. The summed E-state index contributed by atoms with van der Waals surface area (Å²) in [5.74, 6) is 0. The highest BCUT2D eigenvalue weighted by molar-refractivity contribution is 4.47. The van der Waals surface area contributed by atoms with Gasteiger partial charge in [-0.3, -0.25) is 0 Å². The van der Waals surface area contributed by atoms with Crippen molar-refractivity contribution in [2.45, 2.75) is 13.2 Å². The zero-order chi connectivity index (χ0) is 7.82. The molecule has 10 heavy (non-hydrogen) atoms. The van der Waals surface area contributed by atoms with E-state index in [2.05, 4.69) is 6.58 Å². The summed E-state index contributed by atoms with van der Waals surface area (Å²) < 4.78 is 14.7. The van der Waals surface area contributed by atoms with Gasteiger partial charge in [-0.1, -0.05) is 6.58 Å². The summed E-state index contributed by atoms with van der Waals surface area (Å²) in [4.78, 5) is 0. The van der Waals surface area contributed by atoms with Crippen LogP contribution in [0.25, 0.3) is 0 Å². The van der Waals surface area contributed by atoms with E-state index < -0.39 is 0 Å². The average molecular weight is 146 g/mol. The molecule has 0 rings (SSSR count). The highest BCUT2D eigenvalue weighted by Gasteiger charge is 1.95. The molecule has 0 spiro atoms. The molecule has 3 heteroatoms. The first-order valence-electron chi connectivity index (χ1n) is 3.18. The third-order valence-corrected chi connectivity index (χ3v) is 1.00. The number of hydrogen-bond acceptors (Lipinski definition) is 3. The second kappa shape index (κ2) is 6.58. The fraction of sp³-hybridized carbons (Fsp3) is 0.714. The summed E-state index contributed by atoms with van der Waals surface area (Å²) in [6, 6.07) is 0. The lowest BCUT2D eigenvalue weighted by atomic mass is 10.7. The fourth-order valence-electron chi connectivity index (χ4n) is 0.414. The van der Waals surface area contributed by atoms with Crippen molar-refractivity contribution in [3.05, 3.63) is 12.8 Å². The van der Waals surface area contributed by atoms with Crippen LogP contribution in [0.1, 0.15) is 6.92 Å². The highest BCUT2D eigenvalue weighted by atomic mass is 16.7. The third-order valence-electron chi connectivity index (χ3n) is 1.00. The SMILES string of the molecule is C=COCCOC(C)OC. The maximum atomic E-state index is 5.10. The minimum absolute atomic E-state index is 0.159.